The molecular formula is C19H17N5O2. The fraction of sp³-hybridized carbons (Fsp3) is 0.158. The summed E-state index contributed by atoms with van der Waals surface area (Å²) < 4.78 is 1.15. The number of fused-ring (bicyclic) bond motifs is 2. The van der Waals surface area contributed by atoms with Gasteiger partial charge in [-0.3, -0.25) is 14.3 Å². The van der Waals surface area contributed by atoms with Gasteiger partial charge in [-0.05, 0) is 23.8 Å². The van der Waals surface area contributed by atoms with Gasteiger partial charge < -0.3 is 4.90 Å². The average molecular weight is 347 g/mol. The highest BCUT2D eigenvalue weighted by atomic mass is 16.2. The van der Waals surface area contributed by atoms with Crippen molar-refractivity contribution in [2.75, 3.05) is 19.0 Å². The van der Waals surface area contributed by atoms with Crippen LogP contribution in [0, 0.1) is 0 Å². The zero-order valence-electron chi connectivity index (χ0n) is 14.4. The predicted octanol–water partition coefficient (Wildman–Crippen LogP) is 1.75. The lowest BCUT2D eigenvalue weighted by atomic mass is 10.2. The quantitative estimate of drug-likeness (QED) is 0.571. The first kappa shape index (κ1) is 16.0. The van der Waals surface area contributed by atoms with Crippen LogP contribution in [0.5, 0.6) is 0 Å². The Morgan fingerprint density at radius 3 is 2.50 bits per heavy atom. The van der Waals surface area contributed by atoms with Crippen molar-refractivity contribution < 1.29 is 0 Å². The second-order valence-electron chi connectivity index (χ2n) is 6.30. The lowest BCUT2D eigenvalue weighted by molar-refractivity contribution is 0.708. The number of aromatic nitrogens is 4. The zero-order valence-corrected chi connectivity index (χ0v) is 14.4. The number of hydrogen-bond donors (Lipinski definition) is 1. The molecule has 0 saturated heterocycles. The molecule has 2 heterocycles. The van der Waals surface area contributed by atoms with E-state index < -0.39 is 11.2 Å². The molecule has 0 aliphatic carbocycles. The number of nitrogens with zero attached hydrogens (tertiary/aromatic N) is 4. The van der Waals surface area contributed by atoms with Gasteiger partial charge in [-0.25, -0.2) is 14.8 Å². The SMILES string of the molecule is CN(C)c1ccc2nc3c(=O)n(Cc4ccccc4)c(=O)[nH]c3nc2c1. The van der Waals surface area contributed by atoms with Crippen molar-refractivity contribution in [1.82, 2.24) is 19.5 Å². The third-order valence-corrected chi connectivity index (χ3v) is 4.27. The summed E-state index contributed by atoms with van der Waals surface area (Å²) in [5.41, 5.74) is 2.48. The van der Waals surface area contributed by atoms with E-state index in [0.29, 0.717) is 11.0 Å². The van der Waals surface area contributed by atoms with E-state index in [9.17, 15) is 9.59 Å². The molecule has 1 N–H and O–H groups in total. The van der Waals surface area contributed by atoms with Gasteiger partial charge in [0.2, 0.25) is 0 Å². The Morgan fingerprint density at radius 1 is 1.00 bits per heavy atom. The monoisotopic (exact) mass is 347 g/mol. The van der Waals surface area contributed by atoms with E-state index in [-0.39, 0.29) is 17.7 Å². The first-order valence-electron chi connectivity index (χ1n) is 8.19. The zero-order chi connectivity index (χ0) is 18.3. The van der Waals surface area contributed by atoms with Gasteiger partial charge in [-0.15, -0.1) is 0 Å². The number of anilines is 1. The molecule has 2 aromatic heterocycles. The molecule has 0 radical (unpaired) electrons. The molecule has 0 amide bonds. The molecule has 0 atom stereocenters. The number of hydrogen-bond acceptors (Lipinski definition) is 5. The second kappa shape index (κ2) is 6.11. The maximum Gasteiger partial charge on any atom is 0.330 e. The van der Waals surface area contributed by atoms with Crippen molar-refractivity contribution in [3.63, 3.8) is 0 Å². The Labute approximate surface area is 148 Å². The van der Waals surface area contributed by atoms with E-state index in [1.54, 1.807) is 0 Å². The van der Waals surface area contributed by atoms with Crippen LogP contribution in [0.15, 0.2) is 58.1 Å². The highest BCUT2D eigenvalue weighted by Gasteiger charge is 2.12. The summed E-state index contributed by atoms with van der Waals surface area (Å²) in [7, 11) is 3.86. The van der Waals surface area contributed by atoms with Crippen molar-refractivity contribution in [2.45, 2.75) is 6.54 Å². The molecule has 0 fully saturated rings. The summed E-state index contributed by atoms with van der Waals surface area (Å²) >= 11 is 0. The predicted molar refractivity (Wildman–Crippen MR) is 102 cm³/mol. The molecule has 26 heavy (non-hydrogen) atoms. The molecule has 0 saturated carbocycles. The van der Waals surface area contributed by atoms with Crippen molar-refractivity contribution in [3.8, 4) is 0 Å². The van der Waals surface area contributed by atoms with Crippen molar-refractivity contribution in [2.24, 2.45) is 0 Å². The third kappa shape index (κ3) is 2.73. The number of aromatic amines is 1. The van der Waals surface area contributed by atoms with Crippen molar-refractivity contribution in [1.29, 1.82) is 0 Å². The van der Waals surface area contributed by atoms with E-state index in [2.05, 4.69) is 15.0 Å². The minimum Gasteiger partial charge on any atom is -0.378 e. The minimum absolute atomic E-state index is 0.158. The van der Waals surface area contributed by atoms with Crippen LogP contribution in [-0.2, 0) is 6.54 Å². The Balaban J connectivity index is 1.92. The van der Waals surface area contributed by atoms with E-state index in [1.165, 1.54) is 0 Å². The molecule has 0 aliphatic rings. The average Bonchev–Trinajstić information content (AvgIpc) is 2.64. The maximum atomic E-state index is 12.8. The van der Waals surface area contributed by atoms with Gasteiger partial charge in [0.15, 0.2) is 11.2 Å². The maximum absolute atomic E-state index is 12.8. The summed E-state index contributed by atoms with van der Waals surface area (Å²) in [5.74, 6) is 0. The smallest absolute Gasteiger partial charge is 0.330 e. The van der Waals surface area contributed by atoms with Crippen molar-refractivity contribution >= 4 is 27.9 Å². The van der Waals surface area contributed by atoms with E-state index in [4.69, 9.17) is 0 Å². The fourth-order valence-corrected chi connectivity index (χ4v) is 2.86. The van der Waals surface area contributed by atoms with Gasteiger partial charge in [0.05, 0.1) is 17.6 Å². The van der Waals surface area contributed by atoms with E-state index in [0.717, 1.165) is 15.8 Å². The van der Waals surface area contributed by atoms with Gasteiger partial charge in [-0.2, -0.15) is 0 Å². The van der Waals surface area contributed by atoms with Crippen LogP contribution in [0.25, 0.3) is 22.2 Å². The molecule has 0 bridgehead atoms. The third-order valence-electron chi connectivity index (χ3n) is 4.27. The molecule has 4 rings (SSSR count). The van der Waals surface area contributed by atoms with Crippen molar-refractivity contribution in [3.05, 3.63) is 74.9 Å². The second-order valence-corrected chi connectivity index (χ2v) is 6.30. The van der Waals surface area contributed by atoms with Gasteiger partial charge in [-0.1, -0.05) is 30.3 Å². The highest BCUT2D eigenvalue weighted by molar-refractivity contribution is 5.85. The van der Waals surface area contributed by atoms with Crippen LogP contribution in [-0.4, -0.2) is 33.6 Å². The Morgan fingerprint density at radius 2 is 1.77 bits per heavy atom. The Hall–Kier alpha value is -3.48. The van der Waals surface area contributed by atoms with Crippen LogP contribution in [0.1, 0.15) is 5.56 Å². The summed E-state index contributed by atoms with van der Waals surface area (Å²) in [6.45, 7) is 0.185. The fourth-order valence-electron chi connectivity index (χ4n) is 2.86. The van der Waals surface area contributed by atoms with E-state index >= 15 is 0 Å². The summed E-state index contributed by atoms with van der Waals surface area (Å²) in [5, 5.41) is 0. The van der Waals surface area contributed by atoms with Crippen LogP contribution < -0.4 is 16.1 Å². The topological polar surface area (TPSA) is 83.9 Å². The Bertz CT molecular complexity index is 1230. The molecular weight excluding hydrogens is 330 g/mol. The molecule has 7 heteroatoms. The van der Waals surface area contributed by atoms with Crippen LogP contribution in [0.4, 0.5) is 5.69 Å². The number of nitrogens with one attached hydrogen (secondary N) is 1. The molecule has 0 aliphatic heterocycles. The van der Waals surface area contributed by atoms with Gasteiger partial charge >= 0.3 is 5.69 Å². The van der Waals surface area contributed by atoms with Crippen LogP contribution in [0.2, 0.25) is 0 Å². The molecule has 4 aromatic rings. The molecule has 130 valence electrons. The van der Waals surface area contributed by atoms with Gasteiger partial charge in [0.25, 0.3) is 5.56 Å². The van der Waals surface area contributed by atoms with Crippen LogP contribution in [0.3, 0.4) is 0 Å². The van der Waals surface area contributed by atoms with E-state index in [1.807, 2.05) is 67.5 Å². The molecule has 0 unspecified atom stereocenters. The Kier molecular flexibility index (Phi) is 3.76. The number of rotatable bonds is 3. The lowest BCUT2D eigenvalue weighted by Crippen LogP contribution is -2.36. The first-order chi connectivity index (χ1) is 12.5. The van der Waals surface area contributed by atoms with Gasteiger partial charge in [0, 0.05) is 19.8 Å². The molecule has 0 spiro atoms. The lowest BCUT2D eigenvalue weighted by Gasteiger charge is -2.12. The first-order valence-corrected chi connectivity index (χ1v) is 8.19. The van der Waals surface area contributed by atoms with Crippen LogP contribution >= 0.6 is 0 Å². The molecule has 2 aromatic carbocycles. The summed E-state index contributed by atoms with van der Waals surface area (Å²) in [6, 6.07) is 15.0. The summed E-state index contributed by atoms with van der Waals surface area (Å²) in [4.78, 5) is 38.7. The van der Waals surface area contributed by atoms with Gasteiger partial charge in [0.1, 0.15) is 0 Å². The standard InChI is InChI=1S/C19H17N5O2/c1-23(2)13-8-9-14-15(10-13)21-17-16(20-14)18(25)24(19(26)22-17)11-12-6-4-3-5-7-12/h3-10H,11H2,1-2H3,(H,21,22,26). The number of H-pyrrole nitrogens is 1. The number of benzene rings is 2. The highest BCUT2D eigenvalue weighted by Crippen LogP contribution is 2.19. The summed E-state index contributed by atoms with van der Waals surface area (Å²) in [6.07, 6.45) is 0. The normalized spacial score (nSPS) is 11.2. The largest absolute Gasteiger partial charge is 0.378 e. The minimum atomic E-state index is -0.497. The molecule has 7 nitrogen and oxygen atoms in total.